The first kappa shape index (κ1) is 72.7. The van der Waals surface area contributed by atoms with Gasteiger partial charge in [0.2, 0.25) is 0 Å². The first-order chi connectivity index (χ1) is 10.5. The molecule has 0 spiro atoms. The second-order valence-corrected chi connectivity index (χ2v) is 6.25. The molecule has 0 bridgehead atoms. The van der Waals surface area contributed by atoms with E-state index in [0.717, 1.165) is 0 Å². The van der Waals surface area contributed by atoms with Crippen molar-refractivity contribution in [3.8, 4) is 11.1 Å². The zero-order valence-corrected chi connectivity index (χ0v) is 60.7. The van der Waals surface area contributed by atoms with Crippen molar-refractivity contribution in [3.05, 3.63) is 59.7 Å². The summed E-state index contributed by atoms with van der Waals surface area (Å²) in [4.78, 5) is 0. The summed E-state index contributed by atoms with van der Waals surface area (Å²) in [6.07, 6.45) is 0. The van der Waals surface area contributed by atoms with Crippen LogP contribution in [0, 0.1) is 0 Å². The Balaban J connectivity index is -0.0000000332. The van der Waals surface area contributed by atoms with Gasteiger partial charge in [0, 0.05) is 211 Å². The molecule has 2 aromatic carbocycles. The third-order valence-corrected chi connectivity index (χ3v) is 3.87. The molecule has 0 aliphatic rings. The molecule has 176 valence electrons. The third kappa shape index (κ3) is 33.1. The summed E-state index contributed by atoms with van der Waals surface area (Å²) in [5, 5.41) is 0. The second kappa shape index (κ2) is 46.6. The third-order valence-electron chi connectivity index (χ3n) is 3.02. The second-order valence-electron chi connectivity index (χ2n) is 5.52. The summed E-state index contributed by atoms with van der Waals surface area (Å²) >= 11 is 8.04. The van der Waals surface area contributed by atoms with E-state index in [1.807, 2.05) is 0 Å². The Morgan fingerprint density at radius 3 is 1.25 bits per heavy atom. The number of hydrogen-bond acceptors (Lipinski definition) is 0. The maximum absolute atomic E-state index is 3.33. The van der Waals surface area contributed by atoms with Gasteiger partial charge in [-0.05, 0) is 0 Å². The average Bonchev–Trinajstić information content (AvgIpc) is 2.58. The van der Waals surface area contributed by atoms with Crippen molar-refractivity contribution in [2.24, 2.45) is 0 Å². The summed E-state index contributed by atoms with van der Waals surface area (Å²) in [5.74, 6) is 0. The predicted octanol–water partition coefficient (Wildman–Crippen LogP) is 4.19. The first-order valence-corrected chi connectivity index (χ1v) is 29.9. The Labute approximate surface area is 387 Å². The molecule has 0 nitrogen and oxygen atoms in total. The van der Waals surface area contributed by atoms with Gasteiger partial charge in [-0.1, -0.05) is 0 Å². The Bertz CT molecular complexity index is 601. The summed E-state index contributed by atoms with van der Waals surface area (Å²) in [5.41, 5.74) is 5.30. The molecule has 2 rings (SSSR count). The van der Waals surface area contributed by atoms with Crippen LogP contribution in [0.5, 0.6) is 0 Å². The minimum absolute atomic E-state index is 0. The molecule has 0 atom stereocenters. The molecule has 2 aromatic rings. The molecule has 0 saturated heterocycles. The molecular formula is C17H17W15-. The fraction of sp³-hybridized carbons (Fsp3) is 0.235. The molecule has 32 heavy (non-hydrogen) atoms. The van der Waals surface area contributed by atoms with Crippen molar-refractivity contribution in [3.63, 3.8) is 0 Å². The molecule has 0 amide bonds. The SMILES string of the molecule is CC(C)(C)c1cc([C-]=[W])cc(-c2ccccc2)c1.[W].[W].[W].[W].[W].[W].[W].[W].[W].[W].[W]=[W].[W]=[W]. The standard InChI is InChI=1S/C17H17.15W/c1-13-10-15(14-8-6-5-7-9-14)12-16(11-13)17(2,3)4;;;;;;;;;;;;;;;/h5-12H,2-4H3;;;;;;;;;;;;;;;/q-1;;;;;;;;;;;;;;;. The molecule has 0 unspecified atom stereocenters. The van der Waals surface area contributed by atoms with Gasteiger partial charge in [-0.3, -0.25) is 0 Å². The molecule has 0 aliphatic heterocycles. The van der Waals surface area contributed by atoms with Crippen LogP contribution in [0.2, 0.25) is 0 Å². The summed E-state index contributed by atoms with van der Waals surface area (Å²) in [6.45, 7) is 6.76. The van der Waals surface area contributed by atoms with Crippen LogP contribution in [-0.2, 0) is 300 Å². The van der Waals surface area contributed by atoms with E-state index in [0.29, 0.717) is 0 Å². The number of rotatable bonds is 2. The van der Waals surface area contributed by atoms with Gasteiger partial charge < -0.3 is 0 Å². The Hall–Kier alpha value is 8.63. The molecule has 0 aliphatic carbocycles. The van der Waals surface area contributed by atoms with Crippen LogP contribution in [0.4, 0.5) is 0 Å². The quantitative estimate of drug-likeness (QED) is 0.397. The summed E-state index contributed by atoms with van der Waals surface area (Å²) in [6, 6.07) is 17.3. The predicted molar refractivity (Wildman–Crippen MR) is 74.7 cm³/mol. The van der Waals surface area contributed by atoms with Gasteiger partial charge in [-0.2, -0.15) is 0 Å². The van der Waals surface area contributed by atoms with E-state index in [2.05, 4.69) is 73.7 Å². The van der Waals surface area contributed by atoms with Crippen LogP contribution < -0.4 is 0 Å². The molecule has 0 saturated carbocycles. The topological polar surface area (TPSA) is 0 Å². The van der Waals surface area contributed by atoms with Crippen LogP contribution in [0.25, 0.3) is 11.1 Å². The molecule has 0 radical (unpaired) electrons. The zero-order chi connectivity index (χ0) is 17.2. The maximum atomic E-state index is 3.33. The minimum atomic E-state index is 0. The van der Waals surface area contributed by atoms with Crippen molar-refractivity contribution in [2.75, 3.05) is 0 Å². The molecule has 0 aromatic heterocycles. The summed E-state index contributed by atoms with van der Waals surface area (Å²) < 4.78 is 3.33. The monoisotopic (exact) mass is 2980 g/mol. The van der Waals surface area contributed by atoms with E-state index in [9.17, 15) is 0 Å². The van der Waals surface area contributed by atoms with Crippen LogP contribution in [0.3, 0.4) is 0 Å². The molecule has 0 fully saturated rings. The van der Waals surface area contributed by atoms with E-state index in [-0.39, 0.29) is 216 Å². The molecular weight excluding hydrogens is 2960 g/mol. The Morgan fingerprint density at radius 2 is 0.938 bits per heavy atom. The first-order valence-electron chi connectivity index (χ1n) is 6.43. The van der Waals surface area contributed by atoms with Crippen LogP contribution in [-0.4, -0.2) is 4.40 Å². The van der Waals surface area contributed by atoms with E-state index >= 15 is 0 Å². The number of benzene rings is 2. The van der Waals surface area contributed by atoms with Gasteiger partial charge in [-0.15, -0.1) is 0 Å². The average molecular weight is 2980 g/mol. The summed E-state index contributed by atoms with van der Waals surface area (Å²) in [7, 11) is 0. The molecule has 0 heterocycles. The van der Waals surface area contributed by atoms with Gasteiger partial charge in [0.05, 0.1) is 0 Å². The van der Waals surface area contributed by atoms with Crippen LogP contribution in [0.1, 0.15) is 31.9 Å². The van der Waals surface area contributed by atoms with E-state index in [4.69, 9.17) is 0 Å². The molecule has 0 N–H and O–H groups in total. The van der Waals surface area contributed by atoms with Crippen molar-refractivity contribution in [2.45, 2.75) is 26.2 Å². The zero-order valence-electron chi connectivity index (χ0n) is 16.7. The fourth-order valence-corrected chi connectivity index (χ4v) is 2.34. The van der Waals surface area contributed by atoms with Gasteiger partial charge in [0.15, 0.2) is 0 Å². The Kier molecular flexibility index (Phi) is 106. The fourth-order valence-electron chi connectivity index (χ4n) is 1.92. The van der Waals surface area contributed by atoms with Gasteiger partial charge >= 0.3 is 186 Å². The Morgan fingerprint density at radius 1 is 0.562 bits per heavy atom. The van der Waals surface area contributed by atoms with Crippen molar-refractivity contribution >= 4 is 4.40 Å². The normalized spacial score (nSPS) is 6.59. The molecule has 15 heteroatoms. The van der Waals surface area contributed by atoms with Crippen molar-refractivity contribution < 1.29 is 295 Å². The van der Waals surface area contributed by atoms with Crippen LogP contribution >= 0.6 is 0 Å². The van der Waals surface area contributed by atoms with E-state index < -0.39 is 0 Å². The van der Waals surface area contributed by atoms with Crippen molar-refractivity contribution in [1.82, 2.24) is 0 Å². The van der Waals surface area contributed by atoms with Crippen molar-refractivity contribution in [1.29, 1.82) is 0 Å². The van der Waals surface area contributed by atoms with Crippen LogP contribution in [0.15, 0.2) is 48.5 Å². The van der Waals surface area contributed by atoms with Gasteiger partial charge in [0.25, 0.3) is 0 Å². The van der Waals surface area contributed by atoms with E-state index in [1.54, 1.807) is 64.9 Å². The van der Waals surface area contributed by atoms with E-state index in [1.165, 1.54) is 41.6 Å². The van der Waals surface area contributed by atoms with Gasteiger partial charge in [0.1, 0.15) is 0 Å². The number of hydrogen-bond donors (Lipinski definition) is 0. The van der Waals surface area contributed by atoms with Gasteiger partial charge in [-0.25, -0.2) is 0 Å².